The van der Waals surface area contributed by atoms with Gasteiger partial charge in [0.05, 0.1) is 6.04 Å². The Morgan fingerprint density at radius 2 is 2.28 bits per heavy atom. The molecule has 6 nitrogen and oxygen atoms in total. The van der Waals surface area contributed by atoms with Crippen LogP contribution in [0, 0.1) is 0 Å². The van der Waals surface area contributed by atoms with Crippen molar-refractivity contribution in [2.75, 3.05) is 6.61 Å². The van der Waals surface area contributed by atoms with Crippen molar-refractivity contribution in [1.29, 1.82) is 0 Å². The standard InChI is InChI=1S/C18H19N3O3S/c22-15-10-24-17(18(23)20-8-12-5-7-25-11-12)16(21(15)14-3-4-14)13-2-1-6-19-9-13/h1-2,5-7,9,11,14,16-17H,3-4,8,10H2,(H,20,23). The third kappa shape index (κ3) is 3.43. The first-order chi connectivity index (χ1) is 12.2. The summed E-state index contributed by atoms with van der Waals surface area (Å²) in [5, 5.41) is 6.91. The quantitative estimate of drug-likeness (QED) is 0.887. The van der Waals surface area contributed by atoms with E-state index in [2.05, 4.69) is 10.3 Å². The molecule has 0 radical (unpaired) electrons. The maximum atomic E-state index is 12.8. The van der Waals surface area contributed by atoms with E-state index in [9.17, 15) is 9.59 Å². The zero-order chi connectivity index (χ0) is 17.2. The average molecular weight is 357 g/mol. The van der Waals surface area contributed by atoms with Crippen LogP contribution in [0.3, 0.4) is 0 Å². The minimum atomic E-state index is -0.721. The number of ether oxygens (including phenoxy) is 1. The number of rotatable bonds is 5. The van der Waals surface area contributed by atoms with Crippen LogP contribution in [0.15, 0.2) is 41.4 Å². The van der Waals surface area contributed by atoms with Crippen LogP contribution in [0.25, 0.3) is 0 Å². The van der Waals surface area contributed by atoms with Crippen LogP contribution < -0.4 is 5.32 Å². The summed E-state index contributed by atoms with van der Waals surface area (Å²) in [5.74, 6) is -0.253. The summed E-state index contributed by atoms with van der Waals surface area (Å²) in [6, 6.07) is 5.47. The Kier molecular flexibility index (Phi) is 4.50. The smallest absolute Gasteiger partial charge is 0.251 e. The highest BCUT2D eigenvalue weighted by Gasteiger charge is 2.47. The number of amides is 2. The highest BCUT2D eigenvalue weighted by molar-refractivity contribution is 7.07. The van der Waals surface area contributed by atoms with Crippen LogP contribution in [-0.4, -0.2) is 40.5 Å². The maximum Gasteiger partial charge on any atom is 0.251 e. The molecule has 4 rings (SSSR count). The molecule has 25 heavy (non-hydrogen) atoms. The summed E-state index contributed by atoms with van der Waals surface area (Å²) in [6.07, 6.45) is 4.63. The van der Waals surface area contributed by atoms with Crippen molar-refractivity contribution < 1.29 is 14.3 Å². The van der Waals surface area contributed by atoms with E-state index in [0.717, 1.165) is 24.0 Å². The van der Waals surface area contributed by atoms with Gasteiger partial charge in [0.1, 0.15) is 6.61 Å². The molecule has 130 valence electrons. The van der Waals surface area contributed by atoms with Gasteiger partial charge in [-0.25, -0.2) is 0 Å². The summed E-state index contributed by atoms with van der Waals surface area (Å²) in [4.78, 5) is 31.2. The minimum absolute atomic E-state index is 0.0518. The predicted octanol–water partition coefficient (Wildman–Crippen LogP) is 1.89. The molecule has 0 aromatic carbocycles. The Balaban J connectivity index is 1.57. The van der Waals surface area contributed by atoms with Crippen LogP contribution in [0.5, 0.6) is 0 Å². The third-order valence-corrected chi connectivity index (χ3v) is 5.26. The summed E-state index contributed by atoms with van der Waals surface area (Å²) in [7, 11) is 0. The Morgan fingerprint density at radius 3 is 2.96 bits per heavy atom. The topological polar surface area (TPSA) is 71.5 Å². The number of nitrogens with one attached hydrogen (secondary N) is 1. The van der Waals surface area contributed by atoms with E-state index in [4.69, 9.17) is 4.74 Å². The Hall–Kier alpha value is -2.25. The lowest BCUT2D eigenvalue weighted by molar-refractivity contribution is -0.165. The zero-order valence-electron chi connectivity index (χ0n) is 13.6. The number of hydrogen-bond acceptors (Lipinski definition) is 5. The van der Waals surface area contributed by atoms with Crippen LogP contribution in [0.1, 0.15) is 30.0 Å². The lowest BCUT2D eigenvalue weighted by Gasteiger charge is -2.40. The molecule has 2 aliphatic rings. The fraction of sp³-hybridized carbons (Fsp3) is 0.389. The van der Waals surface area contributed by atoms with Crippen molar-refractivity contribution in [3.05, 3.63) is 52.5 Å². The summed E-state index contributed by atoms with van der Waals surface area (Å²) >= 11 is 1.59. The number of carbonyl (C=O) groups is 2. The van der Waals surface area contributed by atoms with Gasteiger partial charge in [-0.3, -0.25) is 14.6 Å². The molecule has 7 heteroatoms. The first kappa shape index (κ1) is 16.2. The lowest BCUT2D eigenvalue weighted by Crippen LogP contribution is -2.55. The molecule has 1 N–H and O–H groups in total. The van der Waals surface area contributed by atoms with Gasteiger partial charge in [0, 0.05) is 25.0 Å². The number of pyridine rings is 1. The molecule has 0 bridgehead atoms. The van der Waals surface area contributed by atoms with Crippen LogP contribution in [-0.2, 0) is 20.9 Å². The number of aromatic nitrogens is 1. The summed E-state index contributed by atoms with van der Waals surface area (Å²) in [6.45, 7) is 0.406. The van der Waals surface area contributed by atoms with Crippen molar-refractivity contribution in [3.8, 4) is 0 Å². The molecule has 1 saturated carbocycles. The molecule has 1 aliphatic heterocycles. The Bertz CT molecular complexity index is 746. The molecule has 2 unspecified atom stereocenters. The predicted molar refractivity (Wildman–Crippen MR) is 92.8 cm³/mol. The van der Waals surface area contributed by atoms with Gasteiger partial charge in [0.2, 0.25) is 5.91 Å². The Labute approximate surface area is 149 Å². The minimum Gasteiger partial charge on any atom is -0.356 e. The van der Waals surface area contributed by atoms with Crippen molar-refractivity contribution in [3.63, 3.8) is 0 Å². The fourth-order valence-corrected chi connectivity index (χ4v) is 3.87. The molecule has 1 saturated heterocycles. The summed E-state index contributed by atoms with van der Waals surface area (Å²) in [5.41, 5.74) is 1.89. The molecule has 0 spiro atoms. The first-order valence-corrected chi connectivity index (χ1v) is 9.30. The highest BCUT2D eigenvalue weighted by Crippen LogP contribution is 2.39. The Morgan fingerprint density at radius 1 is 1.40 bits per heavy atom. The van der Waals surface area contributed by atoms with Crippen LogP contribution in [0.2, 0.25) is 0 Å². The SMILES string of the molecule is O=C(NCc1ccsc1)C1OCC(=O)N(C2CC2)C1c1cccnc1. The fourth-order valence-electron chi connectivity index (χ4n) is 3.20. The molecule has 2 fully saturated rings. The first-order valence-electron chi connectivity index (χ1n) is 8.35. The van der Waals surface area contributed by atoms with E-state index >= 15 is 0 Å². The zero-order valence-corrected chi connectivity index (χ0v) is 14.4. The molecule has 2 amide bonds. The van der Waals surface area contributed by atoms with Gasteiger partial charge in [-0.05, 0) is 46.9 Å². The number of carbonyl (C=O) groups excluding carboxylic acids is 2. The van der Waals surface area contributed by atoms with Crippen LogP contribution in [0.4, 0.5) is 0 Å². The number of thiophene rings is 1. The van der Waals surface area contributed by atoms with Crippen LogP contribution >= 0.6 is 11.3 Å². The highest BCUT2D eigenvalue weighted by atomic mass is 32.1. The monoisotopic (exact) mass is 357 g/mol. The van der Waals surface area contributed by atoms with Gasteiger partial charge in [-0.2, -0.15) is 11.3 Å². The van der Waals surface area contributed by atoms with Crippen molar-refractivity contribution in [1.82, 2.24) is 15.2 Å². The van der Waals surface area contributed by atoms with Gasteiger partial charge in [0.25, 0.3) is 5.91 Å². The average Bonchev–Trinajstić information content (AvgIpc) is 3.34. The second-order valence-electron chi connectivity index (χ2n) is 6.34. The second kappa shape index (κ2) is 6.93. The van der Waals surface area contributed by atoms with E-state index in [1.807, 2.05) is 33.9 Å². The van der Waals surface area contributed by atoms with Gasteiger partial charge < -0.3 is 15.0 Å². The van der Waals surface area contributed by atoms with E-state index in [1.165, 1.54) is 0 Å². The molecule has 2 aromatic heterocycles. The van der Waals surface area contributed by atoms with Gasteiger partial charge in [0.15, 0.2) is 6.10 Å². The number of hydrogen-bond donors (Lipinski definition) is 1. The van der Waals surface area contributed by atoms with E-state index < -0.39 is 12.1 Å². The van der Waals surface area contributed by atoms with E-state index in [0.29, 0.717) is 6.54 Å². The molecule has 2 atom stereocenters. The molecular weight excluding hydrogens is 338 g/mol. The van der Waals surface area contributed by atoms with Gasteiger partial charge in [-0.15, -0.1) is 0 Å². The molecule has 3 heterocycles. The molecular formula is C18H19N3O3S. The maximum absolute atomic E-state index is 12.8. The number of morpholine rings is 1. The molecule has 1 aliphatic carbocycles. The van der Waals surface area contributed by atoms with E-state index in [1.54, 1.807) is 23.7 Å². The molecule has 2 aromatic rings. The van der Waals surface area contributed by atoms with Gasteiger partial charge >= 0.3 is 0 Å². The van der Waals surface area contributed by atoms with Crippen molar-refractivity contribution in [2.24, 2.45) is 0 Å². The third-order valence-electron chi connectivity index (χ3n) is 4.53. The number of nitrogens with zero attached hydrogens (tertiary/aromatic N) is 2. The lowest BCUT2D eigenvalue weighted by atomic mass is 9.98. The van der Waals surface area contributed by atoms with Crippen molar-refractivity contribution >= 4 is 23.2 Å². The van der Waals surface area contributed by atoms with Crippen molar-refractivity contribution in [2.45, 2.75) is 37.6 Å². The summed E-state index contributed by atoms with van der Waals surface area (Å²) < 4.78 is 5.67. The van der Waals surface area contributed by atoms with E-state index in [-0.39, 0.29) is 24.5 Å². The van der Waals surface area contributed by atoms with Gasteiger partial charge in [-0.1, -0.05) is 6.07 Å². The second-order valence-corrected chi connectivity index (χ2v) is 7.12. The normalized spacial score (nSPS) is 23.5. The largest absolute Gasteiger partial charge is 0.356 e.